The third-order valence-electron chi connectivity index (χ3n) is 8.49. The number of amides is 2. The van der Waals surface area contributed by atoms with Gasteiger partial charge in [0, 0.05) is 43.6 Å². The van der Waals surface area contributed by atoms with E-state index >= 15 is 0 Å². The number of rotatable bonds is 13. The molecule has 0 bridgehead atoms. The average Bonchev–Trinajstić information content (AvgIpc) is 3.05. The Morgan fingerprint density at radius 1 is 0.935 bits per heavy atom. The second-order valence-corrected chi connectivity index (χ2v) is 13.8. The molecular formula is C35H42FN3O6S. The van der Waals surface area contributed by atoms with Crippen LogP contribution in [0.2, 0.25) is 0 Å². The van der Waals surface area contributed by atoms with Crippen molar-refractivity contribution in [1.29, 1.82) is 0 Å². The quantitative estimate of drug-likeness (QED) is 0.272. The van der Waals surface area contributed by atoms with Crippen LogP contribution in [0.15, 0.2) is 72.8 Å². The van der Waals surface area contributed by atoms with Crippen LogP contribution in [0.1, 0.15) is 56.1 Å². The zero-order valence-electron chi connectivity index (χ0n) is 26.2. The van der Waals surface area contributed by atoms with Gasteiger partial charge in [0.2, 0.25) is 21.8 Å². The summed E-state index contributed by atoms with van der Waals surface area (Å²) < 4.78 is 53.1. The van der Waals surface area contributed by atoms with Gasteiger partial charge in [-0.2, -0.15) is 0 Å². The maximum absolute atomic E-state index is 14.9. The van der Waals surface area contributed by atoms with E-state index < -0.39 is 21.9 Å². The van der Waals surface area contributed by atoms with Crippen LogP contribution in [0.4, 0.5) is 10.1 Å². The van der Waals surface area contributed by atoms with Crippen molar-refractivity contribution >= 4 is 27.5 Å². The highest BCUT2D eigenvalue weighted by Crippen LogP contribution is 2.35. The molecule has 9 nitrogen and oxygen atoms in total. The van der Waals surface area contributed by atoms with Gasteiger partial charge in [0.1, 0.15) is 25.1 Å². The monoisotopic (exact) mass is 651 g/mol. The number of nitrogens with one attached hydrogen (secondary N) is 1. The molecule has 1 aliphatic carbocycles. The predicted molar refractivity (Wildman–Crippen MR) is 175 cm³/mol. The molecule has 1 N–H and O–H groups in total. The Balaban J connectivity index is 1.38. The van der Waals surface area contributed by atoms with Crippen LogP contribution in [0.25, 0.3) is 0 Å². The number of halogens is 1. The van der Waals surface area contributed by atoms with Crippen molar-refractivity contribution in [2.24, 2.45) is 0 Å². The summed E-state index contributed by atoms with van der Waals surface area (Å²) in [7, 11) is -3.71. The minimum absolute atomic E-state index is 0.0232. The van der Waals surface area contributed by atoms with Crippen LogP contribution in [-0.2, 0) is 32.6 Å². The molecule has 1 heterocycles. The van der Waals surface area contributed by atoms with Gasteiger partial charge in [-0.05, 0) is 43.0 Å². The lowest BCUT2D eigenvalue weighted by atomic mass is 9.94. The lowest BCUT2D eigenvalue weighted by Crippen LogP contribution is -2.53. The second-order valence-electron chi connectivity index (χ2n) is 11.9. The Bertz CT molecular complexity index is 1600. The lowest BCUT2D eigenvalue weighted by Gasteiger charge is -2.34. The van der Waals surface area contributed by atoms with Gasteiger partial charge in [-0.1, -0.05) is 67.8 Å². The zero-order valence-corrected chi connectivity index (χ0v) is 27.0. The van der Waals surface area contributed by atoms with E-state index in [1.165, 1.54) is 15.3 Å². The Morgan fingerprint density at radius 3 is 2.35 bits per heavy atom. The number of anilines is 1. The first-order valence-corrected chi connectivity index (χ1v) is 17.8. The molecule has 0 unspecified atom stereocenters. The molecule has 3 aromatic rings. The number of carbonyl (C=O) groups is 2. The number of nitrogens with zero attached hydrogens (tertiary/aromatic N) is 2. The van der Waals surface area contributed by atoms with Crippen LogP contribution in [-0.4, -0.2) is 63.2 Å². The first-order valence-electron chi connectivity index (χ1n) is 15.9. The van der Waals surface area contributed by atoms with Crippen molar-refractivity contribution < 1.29 is 31.9 Å². The molecule has 3 aromatic carbocycles. The van der Waals surface area contributed by atoms with Crippen LogP contribution in [0.3, 0.4) is 0 Å². The van der Waals surface area contributed by atoms with E-state index in [4.69, 9.17) is 9.47 Å². The smallest absolute Gasteiger partial charge is 0.243 e. The summed E-state index contributed by atoms with van der Waals surface area (Å²) in [5.74, 6) is -0.1000. The molecule has 0 aromatic heterocycles. The fourth-order valence-electron chi connectivity index (χ4n) is 6.10. The zero-order chi connectivity index (χ0) is 32.5. The van der Waals surface area contributed by atoms with E-state index in [1.807, 2.05) is 30.3 Å². The Morgan fingerprint density at radius 2 is 1.63 bits per heavy atom. The van der Waals surface area contributed by atoms with E-state index in [9.17, 15) is 22.4 Å². The second kappa shape index (κ2) is 15.4. The Hall–Kier alpha value is -4.12. The largest absolute Gasteiger partial charge is 0.486 e. The summed E-state index contributed by atoms with van der Waals surface area (Å²) in [6.45, 7) is 0.701. The molecule has 1 saturated carbocycles. The van der Waals surface area contributed by atoms with Gasteiger partial charge in [0.05, 0.1) is 11.9 Å². The van der Waals surface area contributed by atoms with Crippen LogP contribution < -0.4 is 19.1 Å². The minimum Gasteiger partial charge on any atom is -0.486 e. The summed E-state index contributed by atoms with van der Waals surface area (Å²) >= 11 is 0. The number of sulfonamides is 1. The molecule has 46 heavy (non-hydrogen) atoms. The third kappa shape index (κ3) is 8.78. The molecule has 2 amide bonds. The van der Waals surface area contributed by atoms with Gasteiger partial charge in [-0.3, -0.25) is 13.9 Å². The number of fused-ring (bicyclic) bond motifs is 1. The molecule has 246 valence electrons. The van der Waals surface area contributed by atoms with E-state index in [2.05, 4.69) is 5.32 Å². The molecule has 5 rings (SSSR count). The fourth-order valence-corrected chi connectivity index (χ4v) is 7.06. The van der Waals surface area contributed by atoms with Crippen molar-refractivity contribution in [3.63, 3.8) is 0 Å². The van der Waals surface area contributed by atoms with Gasteiger partial charge < -0.3 is 19.7 Å². The molecule has 11 heteroatoms. The highest BCUT2D eigenvalue weighted by molar-refractivity contribution is 7.92. The van der Waals surface area contributed by atoms with Crippen molar-refractivity contribution in [2.45, 2.75) is 70.0 Å². The SMILES string of the molecule is CS(=O)(=O)N(CCCC(=O)N(Cc1ccccc1F)[C@@H](Cc1ccccc1)C(=O)NC1CCCCC1)c1ccc2c(c1)OCCO2. The summed E-state index contributed by atoms with van der Waals surface area (Å²) in [4.78, 5) is 29.5. The number of hydrogen-bond acceptors (Lipinski definition) is 6. The average molecular weight is 652 g/mol. The molecule has 2 aliphatic rings. The summed E-state index contributed by atoms with van der Waals surface area (Å²) in [5, 5.41) is 3.18. The van der Waals surface area contributed by atoms with Gasteiger partial charge in [-0.15, -0.1) is 0 Å². The Kier molecular flexibility index (Phi) is 11.2. The van der Waals surface area contributed by atoms with Gasteiger partial charge in [0.25, 0.3) is 0 Å². The van der Waals surface area contributed by atoms with E-state index in [0.717, 1.165) is 43.9 Å². The number of ether oxygens (including phenoxy) is 2. The van der Waals surface area contributed by atoms with E-state index in [0.29, 0.717) is 36.0 Å². The lowest BCUT2D eigenvalue weighted by molar-refractivity contribution is -0.141. The van der Waals surface area contributed by atoms with Crippen molar-refractivity contribution in [2.75, 3.05) is 30.3 Å². The minimum atomic E-state index is -3.71. The normalized spacial score (nSPS) is 15.5. The van der Waals surface area contributed by atoms with Crippen LogP contribution in [0, 0.1) is 5.82 Å². The first kappa shape index (κ1) is 33.2. The maximum Gasteiger partial charge on any atom is 0.243 e. The van der Waals surface area contributed by atoms with Crippen molar-refractivity contribution in [1.82, 2.24) is 10.2 Å². The van der Waals surface area contributed by atoms with E-state index in [1.54, 1.807) is 36.4 Å². The fraction of sp³-hybridized carbons (Fsp3) is 0.429. The molecule has 0 saturated heterocycles. The molecule has 0 spiro atoms. The third-order valence-corrected chi connectivity index (χ3v) is 9.68. The predicted octanol–water partition coefficient (Wildman–Crippen LogP) is 5.23. The number of carbonyl (C=O) groups excluding carboxylic acids is 2. The van der Waals surface area contributed by atoms with Crippen LogP contribution >= 0.6 is 0 Å². The van der Waals surface area contributed by atoms with Gasteiger partial charge >= 0.3 is 0 Å². The van der Waals surface area contributed by atoms with Crippen LogP contribution in [0.5, 0.6) is 11.5 Å². The molecular weight excluding hydrogens is 609 g/mol. The standard InChI is InChI=1S/C35H42FN3O6S/c1-46(42,43)39(29-18-19-32-33(24-29)45-22-21-44-32)20-10-17-34(40)38(25-27-13-8-9-16-30(27)36)31(23-26-11-4-2-5-12-26)35(41)37-28-14-6-3-7-15-28/h2,4-5,8-9,11-13,16,18-19,24,28,31H,3,6-7,10,14-15,17,20-23,25H2,1H3,(H,37,41)/t31-/m0/s1. The highest BCUT2D eigenvalue weighted by Gasteiger charge is 2.32. The summed E-state index contributed by atoms with van der Waals surface area (Å²) in [5.41, 5.74) is 1.57. The van der Waals surface area contributed by atoms with Gasteiger partial charge in [-0.25, -0.2) is 12.8 Å². The summed E-state index contributed by atoms with van der Waals surface area (Å²) in [6, 6.07) is 19.8. The number of benzene rings is 3. The van der Waals surface area contributed by atoms with Crippen molar-refractivity contribution in [3.8, 4) is 11.5 Å². The molecule has 1 fully saturated rings. The van der Waals surface area contributed by atoms with Gasteiger partial charge in [0.15, 0.2) is 11.5 Å². The molecule has 0 radical (unpaired) electrons. The number of hydrogen-bond donors (Lipinski definition) is 1. The Labute approximate surface area is 270 Å². The molecule has 1 atom stereocenters. The topological polar surface area (TPSA) is 105 Å². The van der Waals surface area contributed by atoms with Crippen molar-refractivity contribution in [3.05, 3.63) is 89.7 Å². The maximum atomic E-state index is 14.9. The van der Waals surface area contributed by atoms with E-state index in [-0.39, 0.29) is 50.2 Å². The summed E-state index contributed by atoms with van der Waals surface area (Å²) in [6.07, 6.45) is 6.46. The molecule has 1 aliphatic heterocycles. The highest BCUT2D eigenvalue weighted by atomic mass is 32.2. The first-order chi connectivity index (χ1) is 22.2.